The molecule has 1 aliphatic heterocycles. The Kier molecular flexibility index (Phi) is 5.39. The van der Waals surface area contributed by atoms with Crippen molar-refractivity contribution in [3.05, 3.63) is 42.5 Å². The van der Waals surface area contributed by atoms with Gasteiger partial charge in [0.15, 0.2) is 11.8 Å². The molecule has 6 heteroatoms. The van der Waals surface area contributed by atoms with Crippen molar-refractivity contribution in [3.8, 4) is 0 Å². The molecule has 1 aromatic rings. The predicted octanol–water partition coefficient (Wildman–Crippen LogP) is 2.76. The van der Waals surface area contributed by atoms with E-state index in [0.717, 1.165) is 18.4 Å². The zero-order valence-corrected chi connectivity index (χ0v) is 14.5. The molecule has 2 rings (SSSR count). The summed E-state index contributed by atoms with van der Waals surface area (Å²) in [5, 5.41) is 0. The van der Waals surface area contributed by atoms with E-state index in [1.807, 2.05) is 6.92 Å². The maximum atomic E-state index is 12.7. The molecule has 0 amide bonds. The lowest BCUT2D eigenvalue weighted by molar-refractivity contribution is -1.09. The summed E-state index contributed by atoms with van der Waals surface area (Å²) in [5.41, 5.74) is 0.971. The molecule has 1 saturated heterocycles. The van der Waals surface area contributed by atoms with Gasteiger partial charge in [-0.3, -0.25) is 4.79 Å². The summed E-state index contributed by atoms with van der Waals surface area (Å²) in [7, 11) is -3.95. The fourth-order valence-electron chi connectivity index (χ4n) is 3.14. The van der Waals surface area contributed by atoms with E-state index < -0.39 is 16.2 Å². The highest BCUT2D eigenvalue weighted by Crippen LogP contribution is 2.31. The Morgan fingerprint density at radius 3 is 2.57 bits per heavy atom. The highest BCUT2D eigenvalue weighted by Gasteiger charge is 2.47. The third-order valence-corrected chi connectivity index (χ3v) is 5.64. The van der Waals surface area contributed by atoms with Crippen LogP contribution in [-0.2, 0) is 19.2 Å². The van der Waals surface area contributed by atoms with Crippen molar-refractivity contribution in [3.63, 3.8) is 0 Å². The molecule has 2 atom stereocenters. The summed E-state index contributed by atoms with van der Waals surface area (Å²) in [6.07, 6.45) is 3.97. The third kappa shape index (κ3) is 3.88. The van der Waals surface area contributed by atoms with E-state index in [4.69, 9.17) is 4.28 Å². The zero-order chi connectivity index (χ0) is 17.1. The van der Waals surface area contributed by atoms with Crippen LogP contribution >= 0.6 is 0 Å². The smallest absolute Gasteiger partial charge is 0.293 e. The van der Waals surface area contributed by atoms with Crippen LogP contribution in [0.2, 0.25) is 0 Å². The lowest BCUT2D eigenvalue weighted by atomic mass is 9.98. The van der Waals surface area contributed by atoms with Gasteiger partial charge in [-0.1, -0.05) is 28.6 Å². The number of carbonyl (C=O) groups excluding carboxylic acids is 1. The number of rotatable bonds is 6. The molecule has 126 valence electrons. The highest BCUT2D eigenvalue weighted by molar-refractivity contribution is 7.86. The number of hydroxylamine groups is 3. The normalized spacial score (nSPS) is 25.0. The van der Waals surface area contributed by atoms with Crippen LogP contribution in [0, 0.1) is 6.92 Å². The molecule has 1 aromatic carbocycles. The van der Waals surface area contributed by atoms with Crippen LogP contribution in [0.3, 0.4) is 0 Å². The van der Waals surface area contributed by atoms with Crippen molar-refractivity contribution >= 4 is 15.9 Å². The van der Waals surface area contributed by atoms with E-state index in [1.165, 1.54) is 19.1 Å². The van der Waals surface area contributed by atoms with Gasteiger partial charge in [-0.2, -0.15) is 8.42 Å². The van der Waals surface area contributed by atoms with Crippen molar-refractivity contribution in [1.82, 2.24) is 0 Å². The van der Waals surface area contributed by atoms with Crippen LogP contribution < -0.4 is 0 Å². The first-order valence-electron chi connectivity index (χ1n) is 7.82. The fraction of sp³-hybridized carbons (Fsp3) is 0.471. The van der Waals surface area contributed by atoms with Gasteiger partial charge in [0.2, 0.25) is 0 Å². The number of Topliss-reactive ketones (excluding diaryl/α,β-unsaturated/α-hetero) is 1. The highest BCUT2D eigenvalue weighted by atomic mass is 32.2. The largest absolute Gasteiger partial charge is 0.342 e. The van der Waals surface area contributed by atoms with E-state index >= 15 is 0 Å². The molecule has 2 unspecified atom stereocenters. The number of quaternary nitrogens is 1. The number of piperidine rings is 1. The number of carbonyl (C=O) groups is 1. The topological polar surface area (TPSA) is 60.4 Å². The van der Waals surface area contributed by atoms with E-state index in [9.17, 15) is 13.2 Å². The number of hydrogen-bond acceptors (Lipinski definition) is 4. The third-order valence-electron chi connectivity index (χ3n) is 4.30. The Labute approximate surface area is 138 Å². The van der Waals surface area contributed by atoms with Gasteiger partial charge in [-0.15, -0.1) is 4.65 Å². The summed E-state index contributed by atoms with van der Waals surface area (Å²) in [6, 6.07) is 6.05. The second-order valence-electron chi connectivity index (χ2n) is 6.11. The minimum atomic E-state index is -3.95. The van der Waals surface area contributed by atoms with Crippen LogP contribution in [-0.4, -0.2) is 38.0 Å². The summed E-state index contributed by atoms with van der Waals surface area (Å²) in [5.74, 6) is -0.0503. The van der Waals surface area contributed by atoms with E-state index in [-0.39, 0.29) is 21.9 Å². The van der Waals surface area contributed by atoms with E-state index in [2.05, 4.69) is 6.58 Å². The average Bonchev–Trinajstić information content (AvgIpc) is 2.47. The molecule has 0 saturated carbocycles. The van der Waals surface area contributed by atoms with Crippen LogP contribution in [0.1, 0.15) is 31.7 Å². The second kappa shape index (κ2) is 6.95. The van der Waals surface area contributed by atoms with Gasteiger partial charge >= 0.3 is 10.1 Å². The molecule has 1 aliphatic rings. The summed E-state index contributed by atoms with van der Waals surface area (Å²) >= 11 is 0. The quantitative estimate of drug-likeness (QED) is 0.591. The SMILES string of the molecule is C=CC[N+]1(OS(=O)(=O)c2ccc(C)cc2)CCCCC1C(C)=O. The number of hydrogen-bond donors (Lipinski definition) is 0. The predicted molar refractivity (Wildman–Crippen MR) is 88.0 cm³/mol. The van der Waals surface area contributed by atoms with E-state index in [1.54, 1.807) is 18.2 Å². The molecule has 0 N–H and O–H groups in total. The molecule has 5 nitrogen and oxygen atoms in total. The van der Waals surface area contributed by atoms with E-state index in [0.29, 0.717) is 13.0 Å². The van der Waals surface area contributed by atoms with Crippen molar-refractivity contribution in [2.24, 2.45) is 0 Å². The zero-order valence-electron chi connectivity index (χ0n) is 13.7. The Morgan fingerprint density at radius 2 is 2.00 bits per heavy atom. The maximum absolute atomic E-state index is 12.7. The van der Waals surface area contributed by atoms with Crippen molar-refractivity contribution in [2.75, 3.05) is 13.1 Å². The Morgan fingerprint density at radius 1 is 1.35 bits per heavy atom. The van der Waals surface area contributed by atoms with Crippen molar-refractivity contribution in [2.45, 2.75) is 44.0 Å². The van der Waals surface area contributed by atoms with Gasteiger partial charge in [-0.05, 0) is 38.0 Å². The molecule has 23 heavy (non-hydrogen) atoms. The molecular formula is C17H24NO4S+. The Hall–Kier alpha value is -1.50. The minimum absolute atomic E-state index is 0.0503. The first-order chi connectivity index (χ1) is 10.8. The molecule has 0 radical (unpaired) electrons. The maximum Gasteiger partial charge on any atom is 0.342 e. The van der Waals surface area contributed by atoms with Crippen molar-refractivity contribution < 1.29 is 22.1 Å². The summed E-state index contributed by atoms with van der Waals surface area (Å²) < 4.78 is 30.8. The summed E-state index contributed by atoms with van der Waals surface area (Å²) in [6.45, 7) is 7.86. The van der Waals surface area contributed by atoms with Gasteiger partial charge in [-0.25, -0.2) is 0 Å². The molecule has 0 aromatic heterocycles. The second-order valence-corrected chi connectivity index (χ2v) is 7.64. The Balaban J connectivity index is 2.39. The van der Waals surface area contributed by atoms with Gasteiger partial charge in [0, 0.05) is 13.3 Å². The molecule has 1 heterocycles. The standard InChI is InChI=1S/C17H24NO4S/c1-4-12-18(13-6-5-7-17(18)15(3)19)22-23(20,21)16-10-8-14(2)9-11-16/h4,8-11,17H,1,5-7,12-13H2,2-3H3/q+1. The lowest BCUT2D eigenvalue weighted by Gasteiger charge is -2.41. The Bertz CT molecular complexity index is 681. The van der Waals surface area contributed by atoms with Gasteiger partial charge < -0.3 is 0 Å². The van der Waals surface area contributed by atoms with Gasteiger partial charge in [0.05, 0.1) is 4.90 Å². The molecule has 0 aliphatic carbocycles. The number of nitrogens with zero attached hydrogens (tertiary/aromatic N) is 1. The fourth-order valence-corrected chi connectivity index (χ4v) is 4.33. The van der Waals surface area contributed by atoms with Crippen LogP contribution in [0.25, 0.3) is 0 Å². The number of likely N-dealkylation sites (tertiary alicyclic amines) is 1. The van der Waals surface area contributed by atoms with Crippen LogP contribution in [0.15, 0.2) is 41.8 Å². The average molecular weight is 338 g/mol. The molecule has 0 bridgehead atoms. The number of benzene rings is 1. The van der Waals surface area contributed by atoms with Crippen LogP contribution in [0.5, 0.6) is 0 Å². The minimum Gasteiger partial charge on any atom is -0.293 e. The first-order valence-corrected chi connectivity index (χ1v) is 9.22. The number of aryl methyl sites for hydroxylation is 1. The monoisotopic (exact) mass is 338 g/mol. The van der Waals surface area contributed by atoms with Gasteiger partial charge in [0.1, 0.15) is 13.1 Å². The van der Waals surface area contributed by atoms with Gasteiger partial charge in [0.25, 0.3) is 0 Å². The summed E-state index contributed by atoms with van der Waals surface area (Å²) in [4.78, 5) is 12.1. The first kappa shape index (κ1) is 17.8. The molecule has 1 fully saturated rings. The molecular weight excluding hydrogens is 314 g/mol. The van der Waals surface area contributed by atoms with Crippen LogP contribution in [0.4, 0.5) is 0 Å². The lowest BCUT2D eigenvalue weighted by Crippen LogP contribution is -2.61. The molecule has 0 spiro atoms. The van der Waals surface area contributed by atoms with Crippen molar-refractivity contribution in [1.29, 1.82) is 0 Å². The number of ketones is 1.